The van der Waals surface area contributed by atoms with Crippen LogP contribution in [0.5, 0.6) is 0 Å². The van der Waals surface area contributed by atoms with Gasteiger partial charge in [-0.2, -0.15) is 0 Å². The molecule has 0 amide bonds. The molecule has 0 aliphatic rings. The monoisotopic (exact) mass is 190 g/mol. The van der Waals surface area contributed by atoms with Crippen molar-refractivity contribution in [3.8, 4) is 0 Å². The van der Waals surface area contributed by atoms with Gasteiger partial charge in [0.05, 0.1) is 6.10 Å². The molecule has 0 aromatic heterocycles. The third kappa shape index (κ3) is 4.60. The fourth-order valence-corrected chi connectivity index (χ4v) is 1.52. The van der Waals surface area contributed by atoms with E-state index in [1.807, 2.05) is 20.8 Å². The standard InChI is InChI=1S/C10H22O3/c1-7(5-11)4-8(2)10(13)9(3)6-12/h7-13H,4-6H2,1-3H3/t7-,8+,9+,10+/m1/s1. The van der Waals surface area contributed by atoms with E-state index in [0.29, 0.717) is 0 Å². The van der Waals surface area contributed by atoms with Crippen LogP contribution in [-0.4, -0.2) is 34.6 Å². The van der Waals surface area contributed by atoms with Gasteiger partial charge < -0.3 is 15.3 Å². The van der Waals surface area contributed by atoms with E-state index in [9.17, 15) is 5.11 Å². The summed E-state index contributed by atoms with van der Waals surface area (Å²) in [5, 5.41) is 27.4. The first-order valence-corrected chi connectivity index (χ1v) is 4.92. The SMILES string of the molecule is C[C@@H](CO)C[C@H](C)[C@H](O)[C@@H](C)CO. The highest BCUT2D eigenvalue weighted by molar-refractivity contribution is 4.71. The molecule has 0 aromatic carbocycles. The summed E-state index contributed by atoms with van der Waals surface area (Å²) in [5.74, 6) is 0.265. The van der Waals surface area contributed by atoms with E-state index in [1.165, 1.54) is 0 Å². The van der Waals surface area contributed by atoms with Gasteiger partial charge in [0.1, 0.15) is 0 Å². The summed E-state index contributed by atoms with van der Waals surface area (Å²) in [6.45, 7) is 5.89. The van der Waals surface area contributed by atoms with Gasteiger partial charge in [-0.15, -0.1) is 0 Å². The van der Waals surface area contributed by atoms with Gasteiger partial charge in [-0.05, 0) is 18.3 Å². The first kappa shape index (κ1) is 12.9. The third-order valence-corrected chi connectivity index (χ3v) is 2.54. The second-order valence-corrected chi connectivity index (χ2v) is 4.15. The van der Waals surface area contributed by atoms with Crippen LogP contribution < -0.4 is 0 Å². The van der Waals surface area contributed by atoms with E-state index >= 15 is 0 Å². The quantitative estimate of drug-likeness (QED) is 0.575. The summed E-state index contributed by atoms with van der Waals surface area (Å²) in [5.41, 5.74) is 0. The number of aliphatic hydroxyl groups is 3. The highest BCUT2D eigenvalue weighted by atomic mass is 16.3. The van der Waals surface area contributed by atoms with Gasteiger partial charge >= 0.3 is 0 Å². The average Bonchev–Trinajstić information content (AvgIpc) is 2.14. The van der Waals surface area contributed by atoms with Crippen LogP contribution in [0.3, 0.4) is 0 Å². The number of hydrogen-bond acceptors (Lipinski definition) is 3. The molecule has 0 saturated heterocycles. The fourth-order valence-electron chi connectivity index (χ4n) is 1.52. The van der Waals surface area contributed by atoms with Gasteiger partial charge in [-0.1, -0.05) is 20.8 Å². The van der Waals surface area contributed by atoms with Gasteiger partial charge in [-0.3, -0.25) is 0 Å². The van der Waals surface area contributed by atoms with Gasteiger partial charge in [-0.25, -0.2) is 0 Å². The van der Waals surface area contributed by atoms with Crippen molar-refractivity contribution in [3.63, 3.8) is 0 Å². The molecule has 0 radical (unpaired) electrons. The Labute approximate surface area is 80.4 Å². The van der Waals surface area contributed by atoms with Crippen molar-refractivity contribution < 1.29 is 15.3 Å². The Morgan fingerprint density at radius 3 is 1.85 bits per heavy atom. The maximum atomic E-state index is 9.69. The predicted molar refractivity (Wildman–Crippen MR) is 52.3 cm³/mol. The Morgan fingerprint density at radius 1 is 0.923 bits per heavy atom. The first-order valence-electron chi connectivity index (χ1n) is 4.92. The molecule has 3 nitrogen and oxygen atoms in total. The van der Waals surface area contributed by atoms with Crippen molar-refractivity contribution >= 4 is 0 Å². The van der Waals surface area contributed by atoms with Crippen LogP contribution in [0.15, 0.2) is 0 Å². The van der Waals surface area contributed by atoms with Crippen molar-refractivity contribution in [1.29, 1.82) is 0 Å². The van der Waals surface area contributed by atoms with E-state index in [0.717, 1.165) is 6.42 Å². The van der Waals surface area contributed by atoms with Crippen LogP contribution in [0.1, 0.15) is 27.2 Å². The molecule has 13 heavy (non-hydrogen) atoms. The molecule has 0 saturated carbocycles. The summed E-state index contributed by atoms with van der Waals surface area (Å²) in [6.07, 6.45) is 0.321. The highest BCUT2D eigenvalue weighted by Gasteiger charge is 2.21. The second kappa shape index (κ2) is 6.35. The Hall–Kier alpha value is -0.120. The predicted octanol–water partition coefficient (Wildman–Crippen LogP) is 0.630. The summed E-state index contributed by atoms with van der Waals surface area (Å²) in [6, 6.07) is 0. The van der Waals surface area contributed by atoms with Crippen LogP contribution in [0.2, 0.25) is 0 Å². The minimum absolute atomic E-state index is 0.0129. The summed E-state index contributed by atoms with van der Waals surface area (Å²) < 4.78 is 0. The molecular weight excluding hydrogens is 168 g/mol. The molecule has 4 atom stereocenters. The molecule has 0 unspecified atom stereocenters. The molecule has 0 heterocycles. The smallest absolute Gasteiger partial charge is 0.0613 e. The summed E-state index contributed by atoms with van der Waals surface area (Å²) in [4.78, 5) is 0. The van der Waals surface area contributed by atoms with E-state index in [1.54, 1.807) is 0 Å². The van der Waals surface area contributed by atoms with Crippen molar-refractivity contribution in [2.24, 2.45) is 17.8 Å². The zero-order chi connectivity index (χ0) is 10.4. The van der Waals surface area contributed by atoms with Crippen LogP contribution in [0.25, 0.3) is 0 Å². The first-order chi connectivity index (χ1) is 6.02. The fraction of sp³-hybridized carbons (Fsp3) is 1.00. The molecule has 0 aliphatic carbocycles. The zero-order valence-corrected chi connectivity index (χ0v) is 8.77. The summed E-state index contributed by atoms with van der Waals surface area (Å²) in [7, 11) is 0. The number of hydrogen-bond donors (Lipinski definition) is 3. The Morgan fingerprint density at radius 2 is 1.46 bits per heavy atom. The van der Waals surface area contributed by atoms with Crippen LogP contribution >= 0.6 is 0 Å². The lowest BCUT2D eigenvalue weighted by Crippen LogP contribution is -2.29. The van der Waals surface area contributed by atoms with Crippen LogP contribution in [0, 0.1) is 17.8 Å². The largest absolute Gasteiger partial charge is 0.396 e. The topological polar surface area (TPSA) is 60.7 Å². The number of aliphatic hydroxyl groups excluding tert-OH is 3. The molecule has 0 fully saturated rings. The lowest BCUT2D eigenvalue weighted by molar-refractivity contribution is 0.0258. The molecule has 0 spiro atoms. The minimum atomic E-state index is -0.473. The van der Waals surface area contributed by atoms with Crippen molar-refractivity contribution in [2.75, 3.05) is 13.2 Å². The molecule has 80 valence electrons. The molecule has 3 N–H and O–H groups in total. The molecule has 0 aromatic rings. The third-order valence-electron chi connectivity index (χ3n) is 2.54. The Kier molecular flexibility index (Phi) is 6.29. The lowest BCUT2D eigenvalue weighted by Gasteiger charge is -2.25. The second-order valence-electron chi connectivity index (χ2n) is 4.15. The van der Waals surface area contributed by atoms with Gasteiger partial charge in [0, 0.05) is 19.1 Å². The van der Waals surface area contributed by atoms with Gasteiger partial charge in [0.2, 0.25) is 0 Å². The minimum Gasteiger partial charge on any atom is -0.396 e. The van der Waals surface area contributed by atoms with Crippen molar-refractivity contribution in [3.05, 3.63) is 0 Å². The van der Waals surface area contributed by atoms with Crippen LogP contribution in [0.4, 0.5) is 0 Å². The van der Waals surface area contributed by atoms with Gasteiger partial charge in [0.25, 0.3) is 0 Å². The molecule has 0 rings (SSSR count). The van der Waals surface area contributed by atoms with Gasteiger partial charge in [0.15, 0.2) is 0 Å². The zero-order valence-electron chi connectivity index (χ0n) is 8.77. The van der Waals surface area contributed by atoms with Crippen molar-refractivity contribution in [1.82, 2.24) is 0 Å². The molecular formula is C10H22O3. The summed E-state index contributed by atoms with van der Waals surface area (Å²) >= 11 is 0. The maximum absolute atomic E-state index is 9.69. The number of rotatable bonds is 6. The maximum Gasteiger partial charge on any atom is 0.0613 e. The molecule has 3 heteroatoms. The molecule has 0 aliphatic heterocycles. The lowest BCUT2D eigenvalue weighted by atomic mass is 9.87. The Balaban J connectivity index is 3.87. The van der Waals surface area contributed by atoms with Crippen molar-refractivity contribution in [2.45, 2.75) is 33.3 Å². The normalized spacial score (nSPS) is 20.8. The van der Waals surface area contributed by atoms with E-state index in [4.69, 9.17) is 10.2 Å². The average molecular weight is 190 g/mol. The van der Waals surface area contributed by atoms with E-state index in [-0.39, 0.29) is 31.0 Å². The van der Waals surface area contributed by atoms with Crippen LogP contribution in [-0.2, 0) is 0 Å². The molecule has 0 bridgehead atoms. The van der Waals surface area contributed by atoms with E-state index < -0.39 is 6.10 Å². The Bertz CT molecular complexity index is 127. The van der Waals surface area contributed by atoms with E-state index in [2.05, 4.69) is 0 Å². The highest BCUT2D eigenvalue weighted by Crippen LogP contribution is 2.19.